The number of alkyl halides is 3. The maximum atomic E-state index is 13.6. The summed E-state index contributed by atoms with van der Waals surface area (Å²) in [7, 11) is 0. The van der Waals surface area contributed by atoms with Crippen LogP contribution in [0.15, 0.2) is 48.7 Å². The molecule has 5 heterocycles. The second kappa shape index (κ2) is 9.89. The van der Waals surface area contributed by atoms with Gasteiger partial charge in [-0.05, 0) is 38.5 Å². The second-order valence-corrected chi connectivity index (χ2v) is 10.3. The number of nitrogens with one attached hydrogen (secondary N) is 1. The van der Waals surface area contributed by atoms with Crippen LogP contribution in [0.3, 0.4) is 0 Å². The molecule has 6 rings (SSSR count). The predicted octanol–water partition coefficient (Wildman–Crippen LogP) is 4.72. The van der Waals surface area contributed by atoms with E-state index in [1.807, 2.05) is 13.8 Å². The van der Waals surface area contributed by atoms with Crippen LogP contribution in [-0.2, 0) is 15.7 Å². The van der Waals surface area contributed by atoms with Crippen LogP contribution >= 0.6 is 0 Å². The lowest BCUT2D eigenvalue weighted by Gasteiger charge is -2.35. The number of hydrogen-bond acceptors (Lipinski definition) is 8. The van der Waals surface area contributed by atoms with Gasteiger partial charge in [0.15, 0.2) is 17.4 Å². The Morgan fingerprint density at radius 2 is 2.02 bits per heavy atom. The molecule has 0 radical (unpaired) electrons. The van der Waals surface area contributed by atoms with E-state index in [1.165, 1.54) is 12.1 Å². The Balaban J connectivity index is 1.22. The number of nitrogens with zero attached hydrogens (tertiary/aromatic N) is 5. The van der Waals surface area contributed by atoms with Crippen LogP contribution in [0.1, 0.15) is 25.8 Å². The minimum Gasteiger partial charge on any atom is -0.475 e. The third-order valence-corrected chi connectivity index (χ3v) is 6.96. The molecule has 210 valence electrons. The first-order chi connectivity index (χ1) is 19.1. The quantitative estimate of drug-likeness (QED) is 0.482. The van der Waals surface area contributed by atoms with E-state index in [2.05, 4.69) is 25.2 Å². The van der Waals surface area contributed by atoms with Gasteiger partial charge in [0.25, 0.3) is 0 Å². The first-order valence-electron chi connectivity index (χ1n) is 12.9. The number of hydrogen-bond donors (Lipinski definition) is 1. The highest BCUT2D eigenvalue weighted by molar-refractivity contribution is 6.04. The SMILES string of the molecule is CC1(C)OC[C@H](COc2cccc(NC(=O)N3c4nc(-c5cccc(C(F)(F)F)c5)ncc4N4CCC3C4)n2)O1. The molecule has 10 nitrogen and oxygen atoms in total. The number of rotatable bonds is 5. The third-order valence-electron chi connectivity index (χ3n) is 6.96. The topological polar surface area (TPSA) is 102 Å². The average molecular weight is 557 g/mol. The number of aromatic nitrogens is 3. The van der Waals surface area contributed by atoms with Crippen LogP contribution in [0.2, 0.25) is 0 Å². The number of amides is 2. The summed E-state index contributed by atoms with van der Waals surface area (Å²) in [5.74, 6) is 0.358. The Kier molecular flexibility index (Phi) is 6.50. The van der Waals surface area contributed by atoms with Gasteiger partial charge in [-0.25, -0.2) is 14.8 Å². The fourth-order valence-corrected chi connectivity index (χ4v) is 5.10. The Morgan fingerprint density at radius 1 is 1.20 bits per heavy atom. The summed E-state index contributed by atoms with van der Waals surface area (Å²) >= 11 is 0. The molecule has 2 saturated heterocycles. The van der Waals surface area contributed by atoms with Gasteiger partial charge in [-0.15, -0.1) is 0 Å². The molecule has 0 aliphatic carbocycles. The smallest absolute Gasteiger partial charge is 0.416 e. The number of urea groups is 1. The molecule has 1 aromatic carbocycles. The molecule has 2 bridgehead atoms. The molecular formula is C27H27F3N6O4. The number of carbonyl (C=O) groups is 1. The van der Waals surface area contributed by atoms with E-state index in [-0.39, 0.29) is 36.0 Å². The van der Waals surface area contributed by atoms with Crippen molar-refractivity contribution in [1.82, 2.24) is 15.0 Å². The van der Waals surface area contributed by atoms with Crippen LogP contribution in [0, 0.1) is 0 Å². The maximum Gasteiger partial charge on any atom is 0.416 e. The molecule has 40 heavy (non-hydrogen) atoms. The monoisotopic (exact) mass is 556 g/mol. The molecule has 0 spiro atoms. The molecule has 2 aromatic heterocycles. The zero-order chi connectivity index (χ0) is 28.1. The lowest BCUT2D eigenvalue weighted by atomic mass is 10.1. The van der Waals surface area contributed by atoms with Crippen molar-refractivity contribution in [3.8, 4) is 17.3 Å². The van der Waals surface area contributed by atoms with E-state index >= 15 is 0 Å². The minimum absolute atomic E-state index is 0.0972. The van der Waals surface area contributed by atoms with Crippen LogP contribution in [0.4, 0.5) is 35.3 Å². The van der Waals surface area contributed by atoms with E-state index in [9.17, 15) is 18.0 Å². The minimum atomic E-state index is -4.50. The van der Waals surface area contributed by atoms with E-state index in [0.29, 0.717) is 43.5 Å². The molecule has 2 fully saturated rings. The molecule has 0 saturated carbocycles. The Bertz CT molecular complexity index is 1440. The number of fused-ring (bicyclic) bond motifs is 4. The standard InChI is InChI=1S/C27H27F3N6O4/c1-26(2)39-15-19(40-26)14-38-22-8-4-7-21(32-22)33-25(37)36-18-9-10-35(13-18)20-12-31-23(34-24(20)36)16-5-3-6-17(11-16)27(28,29)30/h3-8,11-12,18-19H,9-10,13-15H2,1-2H3,(H,32,33,37)/t18?,19-/m0/s1. The van der Waals surface area contributed by atoms with Crippen molar-refractivity contribution in [3.05, 3.63) is 54.2 Å². The van der Waals surface area contributed by atoms with Gasteiger partial charge in [-0.1, -0.05) is 18.2 Å². The molecule has 3 aliphatic rings. The number of benzene rings is 1. The van der Waals surface area contributed by atoms with Crippen molar-refractivity contribution in [2.45, 2.75) is 44.4 Å². The first kappa shape index (κ1) is 26.3. The van der Waals surface area contributed by atoms with Crippen LogP contribution in [0.25, 0.3) is 11.4 Å². The second-order valence-electron chi connectivity index (χ2n) is 10.3. The largest absolute Gasteiger partial charge is 0.475 e. The predicted molar refractivity (Wildman–Crippen MR) is 139 cm³/mol. The third kappa shape index (κ3) is 5.26. The summed E-state index contributed by atoms with van der Waals surface area (Å²) < 4.78 is 56.9. The van der Waals surface area contributed by atoms with E-state index < -0.39 is 23.6 Å². The van der Waals surface area contributed by atoms with E-state index in [4.69, 9.17) is 14.2 Å². The summed E-state index contributed by atoms with van der Waals surface area (Å²) in [6.45, 7) is 5.61. The highest BCUT2D eigenvalue weighted by Crippen LogP contribution is 2.40. The lowest BCUT2D eigenvalue weighted by Crippen LogP contribution is -2.48. The number of anilines is 3. The molecular weight excluding hydrogens is 529 g/mol. The number of carbonyl (C=O) groups excluding carboxylic acids is 1. The van der Waals surface area contributed by atoms with E-state index in [1.54, 1.807) is 29.3 Å². The Labute approximate surface area is 228 Å². The molecule has 2 atom stereocenters. The summed E-state index contributed by atoms with van der Waals surface area (Å²) in [4.78, 5) is 30.5. The molecule has 3 aliphatic heterocycles. The van der Waals surface area contributed by atoms with Crippen molar-refractivity contribution in [1.29, 1.82) is 0 Å². The van der Waals surface area contributed by atoms with E-state index in [0.717, 1.165) is 12.1 Å². The van der Waals surface area contributed by atoms with Gasteiger partial charge in [0.2, 0.25) is 5.88 Å². The van der Waals surface area contributed by atoms with Gasteiger partial charge >= 0.3 is 12.2 Å². The highest BCUT2D eigenvalue weighted by Gasteiger charge is 2.41. The molecule has 3 aromatic rings. The number of halogens is 3. The fourth-order valence-electron chi connectivity index (χ4n) is 5.10. The molecule has 1 N–H and O–H groups in total. The van der Waals surface area contributed by atoms with Crippen LogP contribution in [-0.4, -0.2) is 65.2 Å². The zero-order valence-electron chi connectivity index (χ0n) is 21.8. The number of pyridine rings is 1. The van der Waals surface area contributed by atoms with Gasteiger partial charge in [0.1, 0.15) is 18.5 Å². The fraction of sp³-hybridized carbons (Fsp3) is 0.407. The lowest BCUT2D eigenvalue weighted by molar-refractivity contribution is -0.141. The van der Waals surface area contributed by atoms with Gasteiger partial charge in [0, 0.05) is 24.7 Å². The van der Waals surface area contributed by atoms with Crippen LogP contribution in [0.5, 0.6) is 5.88 Å². The highest BCUT2D eigenvalue weighted by atomic mass is 19.4. The van der Waals surface area contributed by atoms with Gasteiger partial charge in [-0.2, -0.15) is 18.2 Å². The summed E-state index contributed by atoms with van der Waals surface area (Å²) in [6, 6.07) is 9.23. The molecule has 2 amide bonds. The van der Waals surface area contributed by atoms with Gasteiger partial charge in [-0.3, -0.25) is 10.2 Å². The molecule has 1 unspecified atom stereocenters. The summed E-state index contributed by atoms with van der Waals surface area (Å²) in [5, 5.41) is 2.82. The molecule has 13 heteroatoms. The van der Waals surface area contributed by atoms with Crippen molar-refractivity contribution in [2.75, 3.05) is 41.4 Å². The van der Waals surface area contributed by atoms with Crippen molar-refractivity contribution in [2.24, 2.45) is 0 Å². The summed E-state index contributed by atoms with van der Waals surface area (Å²) in [5.41, 5.74) is 0.0532. The van der Waals surface area contributed by atoms with Crippen molar-refractivity contribution < 1.29 is 32.2 Å². The van der Waals surface area contributed by atoms with Gasteiger partial charge in [0.05, 0.1) is 30.1 Å². The summed E-state index contributed by atoms with van der Waals surface area (Å²) in [6.07, 6.45) is -2.47. The van der Waals surface area contributed by atoms with Gasteiger partial charge < -0.3 is 19.1 Å². The Morgan fingerprint density at radius 3 is 2.80 bits per heavy atom. The average Bonchev–Trinajstić information content (AvgIpc) is 3.50. The van der Waals surface area contributed by atoms with Crippen molar-refractivity contribution >= 4 is 23.4 Å². The normalized spacial score (nSPS) is 21.3. The van der Waals surface area contributed by atoms with Crippen molar-refractivity contribution in [3.63, 3.8) is 0 Å². The number of ether oxygens (including phenoxy) is 3. The Hall–Kier alpha value is -3.97. The zero-order valence-corrected chi connectivity index (χ0v) is 21.8. The van der Waals surface area contributed by atoms with Crippen LogP contribution < -0.4 is 19.9 Å². The maximum absolute atomic E-state index is 13.6. The first-order valence-corrected chi connectivity index (χ1v) is 12.9.